The fraction of sp³-hybridized carbons (Fsp3) is 0. The van der Waals surface area contributed by atoms with E-state index in [1.165, 1.54) is 12.1 Å². The van der Waals surface area contributed by atoms with E-state index < -0.39 is 10.3 Å². The zero-order valence-corrected chi connectivity index (χ0v) is 8.28. The predicted molar refractivity (Wildman–Crippen MR) is 60.6 cm³/mol. The molecule has 0 aliphatic heterocycles. The van der Waals surface area contributed by atoms with Crippen LogP contribution in [0.15, 0.2) is 36.4 Å². The van der Waals surface area contributed by atoms with Gasteiger partial charge in [0.1, 0.15) is 11.4 Å². The lowest BCUT2D eigenvalue weighted by Gasteiger charge is -2.25. The van der Waals surface area contributed by atoms with Crippen molar-refractivity contribution in [3.05, 3.63) is 58.5 Å². The monoisotopic (exact) mass is 218 g/mol. The van der Waals surface area contributed by atoms with Gasteiger partial charge in [0, 0.05) is 12.1 Å². The van der Waals surface area contributed by atoms with Crippen LogP contribution < -0.4 is 10.3 Å². The van der Waals surface area contributed by atoms with Crippen LogP contribution in [0.25, 0.3) is 22.5 Å². The predicted octanol–water partition coefficient (Wildman–Crippen LogP) is 0.803. The van der Waals surface area contributed by atoms with Crippen molar-refractivity contribution in [3.8, 4) is 0 Å². The third-order valence-electron chi connectivity index (χ3n) is 2.36. The second kappa shape index (κ2) is 4.14. The minimum absolute atomic E-state index is 0.317. The van der Waals surface area contributed by atoms with Crippen molar-refractivity contribution >= 4 is 22.1 Å². The summed E-state index contributed by atoms with van der Waals surface area (Å²) in [7, 11) is 0. The molecule has 0 aromatic heterocycles. The molecule has 84 valence electrons. The van der Waals surface area contributed by atoms with Crippen molar-refractivity contribution in [3.63, 3.8) is 0 Å². The number of benzene rings is 2. The average Bonchev–Trinajstić information content (AvgIpc) is 2.27. The lowest BCUT2D eigenvalue weighted by atomic mass is 10.1. The molecule has 2 aromatic carbocycles. The van der Waals surface area contributed by atoms with Gasteiger partial charge >= 0.3 is 0 Å². The molecule has 6 heteroatoms. The van der Waals surface area contributed by atoms with E-state index in [4.69, 9.17) is 11.7 Å². The Bertz CT molecular complexity index is 466. The van der Waals surface area contributed by atoms with E-state index in [2.05, 4.69) is 0 Å². The normalized spacial score (nSPS) is 15.0. The molecule has 0 amide bonds. The highest BCUT2D eigenvalue weighted by atomic mass is 16.5. The molecule has 16 heavy (non-hydrogen) atoms. The van der Waals surface area contributed by atoms with E-state index in [0.717, 1.165) is 10.8 Å². The van der Waals surface area contributed by atoms with Crippen molar-refractivity contribution in [1.29, 1.82) is 0 Å². The minimum atomic E-state index is -0.734. The first-order valence-corrected chi connectivity index (χ1v) is 4.63. The smallest absolute Gasteiger partial charge is 0.122 e. The number of rotatable bonds is 2. The summed E-state index contributed by atoms with van der Waals surface area (Å²) >= 11 is 0. The van der Waals surface area contributed by atoms with E-state index in [9.17, 15) is 10.4 Å². The van der Waals surface area contributed by atoms with Gasteiger partial charge in [0.05, 0.1) is 0 Å². The molecule has 4 N–H and O–H groups in total. The lowest BCUT2D eigenvalue weighted by Crippen LogP contribution is -2.94. The summed E-state index contributed by atoms with van der Waals surface area (Å²) in [5.74, 6) is 14.0. The molecule has 0 aliphatic carbocycles. The molecule has 2 atom stereocenters. The van der Waals surface area contributed by atoms with Gasteiger partial charge in [0.25, 0.3) is 0 Å². The molecule has 0 bridgehead atoms. The lowest BCUT2D eigenvalue weighted by molar-refractivity contribution is -0.715. The van der Waals surface area contributed by atoms with Crippen LogP contribution in [0.5, 0.6) is 0 Å². The third-order valence-corrected chi connectivity index (χ3v) is 2.36. The first-order chi connectivity index (χ1) is 7.58. The van der Waals surface area contributed by atoms with Crippen molar-refractivity contribution in [1.82, 2.24) is 0 Å². The summed E-state index contributed by atoms with van der Waals surface area (Å²) in [6.45, 7) is 0. The highest BCUT2D eigenvalue weighted by molar-refractivity contribution is 5.86. The van der Waals surface area contributed by atoms with Gasteiger partial charge in [-0.2, -0.15) is 0 Å². The Hall–Kier alpha value is -1.54. The second-order valence-electron chi connectivity index (χ2n) is 3.43. The topological polar surface area (TPSA) is 103 Å². The second-order valence-corrected chi connectivity index (χ2v) is 3.43. The first-order valence-electron chi connectivity index (χ1n) is 4.63. The Labute approximate surface area is 91.7 Å². The maximum Gasteiger partial charge on any atom is 0.122 e. The van der Waals surface area contributed by atoms with Crippen LogP contribution in [0.2, 0.25) is 0 Å². The van der Waals surface area contributed by atoms with Gasteiger partial charge in [-0.1, -0.05) is 0 Å². The van der Waals surface area contributed by atoms with Crippen LogP contribution in [0.3, 0.4) is 0 Å². The summed E-state index contributed by atoms with van der Waals surface area (Å²) in [5, 5.41) is 21.8. The Morgan fingerprint density at radius 1 is 0.750 bits per heavy atom. The van der Waals surface area contributed by atoms with Gasteiger partial charge in [0.2, 0.25) is 0 Å². The van der Waals surface area contributed by atoms with Crippen molar-refractivity contribution in [2.45, 2.75) is 0 Å². The number of quaternary nitrogens is 2. The van der Waals surface area contributed by atoms with E-state index in [-0.39, 0.29) is 0 Å². The minimum Gasteiger partial charge on any atom is -0.639 e. The van der Waals surface area contributed by atoms with E-state index in [1.807, 2.05) is 0 Å². The van der Waals surface area contributed by atoms with E-state index in [0.29, 0.717) is 11.4 Å². The van der Waals surface area contributed by atoms with Crippen molar-refractivity contribution < 1.29 is 10.3 Å². The summed E-state index contributed by atoms with van der Waals surface area (Å²) in [6.07, 6.45) is 0. The number of nitrogens with one attached hydrogen (secondary N) is 4. The molecule has 0 saturated carbocycles. The Balaban J connectivity index is 2.53. The molecular weight excluding hydrogens is 208 g/mol. The largest absolute Gasteiger partial charge is 0.639 e. The SMILES string of the molecule is [NH-][NH+]([O-])c1ccc2cc([NH+]([NH-])[O-])ccc2c1. The zero-order valence-electron chi connectivity index (χ0n) is 8.28. The average molecular weight is 218 g/mol. The highest BCUT2D eigenvalue weighted by Crippen LogP contribution is 2.19. The summed E-state index contributed by atoms with van der Waals surface area (Å²) in [5.41, 5.74) is 0.634. The van der Waals surface area contributed by atoms with Gasteiger partial charge in [-0.05, 0) is 35.0 Å². The van der Waals surface area contributed by atoms with Crippen LogP contribution in [0.1, 0.15) is 0 Å². The van der Waals surface area contributed by atoms with Gasteiger partial charge in [-0.3, -0.25) is 0 Å². The molecule has 2 aromatic rings. The maximum atomic E-state index is 10.8. The Kier molecular flexibility index (Phi) is 2.84. The van der Waals surface area contributed by atoms with Gasteiger partial charge in [-0.15, -0.1) is 0 Å². The Morgan fingerprint density at radius 3 is 1.44 bits per heavy atom. The third kappa shape index (κ3) is 2.02. The highest BCUT2D eigenvalue weighted by Gasteiger charge is 2.01. The number of fused-ring (bicyclic) bond motifs is 1. The van der Waals surface area contributed by atoms with Crippen LogP contribution in [0, 0.1) is 10.4 Å². The standard InChI is InChI=1S/C10H10N4O2/c11-13(15)9-3-1-7-5-10(14(12)16)4-2-8(7)6-9/h1-6,11-14H/q-2. The first kappa shape index (κ1) is 11.0. The molecule has 0 fully saturated rings. The van der Waals surface area contributed by atoms with Gasteiger partial charge in [-0.25, -0.2) is 0 Å². The van der Waals surface area contributed by atoms with E-state index >= 15 is 0 Å². The van der Waals surface area contributed by atoms with E-state index in [1.54, 1.807) is 24.3 Å². The fourth-order valence-electron chi connectivity index (χ4n) is 1.53. The number of hydrogen-bond donors (Lipinski definition) is 2. The Morgan fingerprint density at radius 2 is 1.12 bits per heavy atom. The number of hydrogen-bond acceptors (Lipinski definition) is 2. The molecule has 2 rings (SSSR count). The van der Waals surface area contributed by atoms with Crippen LogP contribution >= 0.6 is 0 Å². The zero-order chi connectivity index (χ0) is 11.7. The molecule has 0 saturated heterocycles. The molecule has 0 aliphatic rings. The molecule has 0 spiro atoms. The molecular formula is C10H10N4O2-2. The molecule has 0 heterocycles. The van der Waals surface area contributed by atoms with Crippen LogP contribution in [-0.4, -0.2) is 0 Å². The molecule has 2 unspecified atom stereocenters. The van der Waals surface area contributed by atoms with Crippen molar-refractivity contribution in [2.24, 2.45) is 0 Å². The van der Waals surface area contributed by atoms with Crippen LogP contribution in [0.4, 0.5) is 11.4 Å². The quantitative estimate of drug-likeness (QED) is 0.728. The van der Waals surface area contributed by atoms with Crippen molar-refractivity contribution in [2.75, 3.05) is 0 Å². The maximum absolute atomic E-state index is 10.8. The van der Waals surface area contributed by atoms with Gasteiger partial charge < -0.3 is 32.4 Å². The molecule has 0 radical (unpaired) electrons. The van der Waals surface area contributed by atoms with Gasteiger partial charge in [0.15, 0.2) is 0 Å². The fourth-order valence-corrected chi connectivity index (χ4v) is 1.53. The van der Waals surface area contributed by atoms with Crippen LogP contribution in [-0.2, 0) is 0 Å². The summed E-state index contributed by atoms with van der Waals surface area (Å²) in [4.78, 5) is 0. The summed E-state index contributed by atoms with van der Waals surface area (Å²) in [6, 6.07) is 9.62. The molecule has 6 nitrogen and oxygen atoms in total. The summed E-state index contributed by atoms with van der Waals surface area (Å²) < 4.78 is 0.